The molecule has 104 valence electrons. The van der Waals surface area contributed by atoms with Gasteiger partial charge in [0.2, 0.25) is 0 Å². The zero-order chi connectivity index (χ0) is 13.8. The summed E-state index contributed by atoms with van der Waals surface area (Å²) in [7, 11) is 0. The summed E-state index contributed by atoms with van der Waals surface area (Å²) in [5.41, 5.74) is 1.06. The van der Waals surface area contributed by atoms with E-state index in [9.17, 15) is 4.79 Å². The number of aromatic nitrogens is 2. The first kappa shape index (κ1) is 14.2. The number of aromatic amines is 1. The van der Waals surface area contributed by atoms with E-state index < -0.39 is 0 Å². The summed E-state index contributed by atoms with van der Waals surface area (Å²) >= 11 is 1.54. The molecule has 5 heteroatoms. The number of nitrogens with zero attached hydrogens (tertiary/aromatic N) is 1. The van der Waals surface area contributed by atoms with Crippen LogP contribution in [0, 0.1) is 5.92 Å². The van der Waals surface area contributed by atoms with Gasteiger partial charge in [-0.15, -0.1) is 11.3 Å². The third kappa shape index (κ3) is 3.42. The standard InChI is InChI=1S/C14H20N2O2S/c1-4-5-18-7-11-15-13(17)12-10(6-9(2)3)8-19-14(12)16-11/h8-9H,4-7H2,1-3H3,(H,15,16,17). The lowest BCUT2D eigenvalue weighted by Gasteiger charge is -2.04. The molecule has 0 unspecified atom stereocenters. The Labute approximate surface area is 116 Å². The van der Waals surface area contributed by atoms with E-state index in [0.717, 1.165) is 28.6 Å². The number of ether oxygens (including phenoxy) is 1. The number of hydrogen-bond acceptors (Lipinski definition) is 4. The highest BCUT2D eigenvalue weighted by Crippen LogP contribution is 2.23. The second kappa shape index (κ2) is 6.30. The molecule has 4 nitrogen and oxygen atoms in total. The first-order valence-electron chi connectivity index (χ1n) is 6.68. The van der Waals surface area contributed by atoms with Gasteiger partial charge >= 0.3 is 0 Å². The van der Waals surface area contributed by atoms with Crippen LogP contribution in [0.15, 0.2) is 10.2 Å². The van der Waals surface area contributed by atoms with Crippen molar-refractivity contribution in [3.05, 3.63) is 27.1 Å². The van der Waals surface area contributed by atoms with E-state index in [-0.39, 0.29) is 5.56 Å². The van der Waals surface area contributed by atoms with Crippen LogP contribution in [-0.2, 0) is 17.8 Å². The monoisotopic (exact) mass is 280 g/mol. The van der Waals surface area contributed by atoms with Gasteiger partial charge in [-0.1, -0.05) is 20.8 Å². The fourth-order valence-electron chi connectivity index (χ4n) is 2.02. The summed E-state index contributed by atoms with van der Waals surface area (Å²) in [6, 6.07) is 0. The van der Waals surface area contributed by atoms with Crippen LogP contribution < -0.4 is 5.56 Å². The SMILES string of the molecule is CCCOCc1nc2scc(CC(C)C)c2c(=O)[nH]1. The van der Waals surface area contributed by atoms with Gasteiger partial charge in [-0.25, -0.2) is 4.98 Å². The van der Waals surface area contributed by atoms with Crippen LogP contribution in [-0.4, -0.2) is 16.6 Å². The van der Waals surface area contributed by atoms with Gasteiger partial charge in [0.25, 0.3) is 5.56 Å². The summed E-state index contributed by atoms with van der Waals surface area (Å²) in [5, 5.41) is 2.79. The first-order valence-corrected chi connectivity index (χ1v) is 7.56. The van der Waals surface area contributed by atoms with Crippen molar-refractivity contribution in [3.63, 3.8) is 0 Å². The summed E-state index contributed by atoms with van der Waals surface area (Å²) < 4.78 is 5.42. The maximum Gasteiger partial charge on any atom is 0.259 e. The van der Waals surface area contributed by atoms with Crippen LogP contribution in [0.4, 0.5) is 0 Å². The van der Waals surface area contributed by atoms with Gasteiger partial charge in [0.1, 0.15) is 17.3 Å². The van der Waals surface area contributed by atoms with E-state index in [1.165, 1.54) is 11.3 Å². The molecule has 0 fully saturated rings. The molecule has 0 atom stereocenters. The van der Waals surface area contributed by atoms with E-state index in [1.807, 2.05) is 5.38 Å². The first-order chi connectivity index (χ1) is 9.11. The normalized spacial score (nSPS) is 11.6. The Bertz CT molecular complexity index is 601. The third-order valence-electron chi connectivity index (χ3n) is 2.78. The lowest BCUT2D eigenvalue weighted by molar-refractivity contribution is 0.116. The lowest BCUT2D eigenvalue weighted by atomic mass is 10.0. The maximum absolute atomic E-state index is 12.2. The van der Waals surface area contributed by atoms with Crippen molar-refractivity contribution in [1.82, 2.24) is 9.97 Å². The van der Waals surface area contributed by atoms with Gasteiger partial charge in [-0.05, 0) is 29.7 Å². The zero-order valence-electron chi connectivity index (χ0n) is 11.7. The van der Waals surface area contributed by atoms with E-state index in [4.69, 9.17) is 4.74 Å². The number of rotatable bonds is 6. The smallest absolute Gasteiger partial charge is 0.259 e. The summed E-state index contributed by atoms with van der Waals surface area (Å²) in [6.45, 7) is 7.41. The average molecular weight is 280 g/mol. The Kier molecular flexibility index (Phi) is 4.71. The molecule has 2 heterocycles. The lowest BCUT2D eigenvalue weighted by Crippen LogP contribution is -2.13. The van der Waals surface area contributed by atoms with Gasteiger partial charge < -0.3 is 9.72 Å². The predicted molar refractivity (Wildman–Crippen MR) is 78.7 cm³/mol. The molecule has 0 aromatic carbocycles. The molecule has 0 amide bonds. The molecule has 0 saturated heterocycles. The molecule has 2 aromatic heterocycles. The van der Waals surface area contributed by atoms with Crippen molar-refractivity contribution in [2.24, 2.45) is 5.92 Å². The van der Waals surface area contributed by atoms with E-state index >= 15 is 0 Å². The van der Waals surface area contributed by atoms with Gasteiger partial charge in [0.15, 0.2) is 0 Å². The minimum absolute atomic E-state index is 0.0444. The molecule has 1 N–H and O–H groups in total. The Hall–Kier alpha value is -1.20. The number of nitrogens with one attached hydrogen (secondary N) is 1. The second-order valence-electron chi connectivity index (χ2n) is 5.10. The Morgan fingerprint density at radius 2 is 2.26 bits per heavy atom. The molecule has 19 heavy (non-hydrogen) atoms. The number of hydrogen-bond donors (Lipinski definition) is 1. The molecule has 2 rings (SSSR count). The molecule has 0 spiro atoms. The van der Waals surface area contributed by atoms with Crippen LogP contribution in [0.5, 0.6) is 0 Å². The fourth-order valence-corrected chi connectivity index (χ4v) is 3.00. The van der Waals surface area contributed by atoms with Crippen molar-refractivity contribution >= 4 is 21.6 Å². The topological polar surface area (TPSA) is 55.0 Å². The van der Waals surface area contributed by atoms with Crippen LogP contribution in [0.2, 0.25) is 0 Å². The van der Waals surface area contributed by atoms with Gasteiger partial charge in [-0.2, -0.15) is 0 Å². The second-order valence-corrected chi connectivity index (χ2v) is 5.96. The molecule has 0 bridgehead atoms. The number of thiophene rings is 1. The zero-order valence-corrected chi connectivity index (χ0v) is 12.5. The minimum Gasteiger partial charge on any atom is -0.374 e. The van der Waals surface area contributed by atoms with Crippen molar-refractivity contribution in [2.45, 2.75) is 40.2 Å². The van der Waals surface area contributed by atoms with Crippen LogP contribution in [0.25, 0.3) is 10.2 Å². The Morgan fingerprint density at radius 3 is 2.95 bits per heavy atom. The number of fused-ring (bicyclic) bond motifs is 1. The highest BCUT2D eigenvalue weighted by Gasteiger charge is 2.12. The molecule has 0 aliphatic heterocycles. The maximum atomic E-state index is 12.2. The Balaban J connectivity index is 2.30. The molecule has 2 aromatic rings. The van der Waals surface area contributed by atoms with Crippen LogP contribution in [0.3, 0.4) is 0 Å². The minimum atomic E-state index is -0.0444. The van der Waals surface area contributed by atoms with Crippen molar-refractivity contribution < 1.29 is 4.74 Å². The van der Waals surface area contributed by atoms with E-state index in [0.29, 0.717) is 25.0 Å². The molecule has 0 radical (unpaired) electrons. The fraction of sp³-hybridized carbons (Fsp3) is 0.571. The van der Waals surface area contributed by atoms with Gasteiger partial charge in [0, 0.05) is 6.61 Å². The van der Waals surface area contributed by atoms with E-state index in [1.54, 1.807) is 0 Å². The van der Waals surface area contributed by atoms with Crippen LogP contribution in [0.1, 0.15) is 38.6 Å². The third-order valence-corrected chi connectivity index (χ3v) is 3.71. The summed E-state index contributed by atoms with van der Waals surface area (Å²) in [5.74, 6) is 1.15. The molecule has 0 aliphatic carbocycles. The van der Waals surface area contributed by atoms with Crippen molar-refractivity contribution in [3.8, 4) is 0 Å². The number of H-pyrrole nitrogens is 1. The summed E-state index contributed by atoms with van der Waals surface area (Å²) in [6.07, 6.45) is 1.88. The highest BCUT2D eigenvalue weighted by molar-refractivity contribution is 7.16. The Morgan fingerprint density at radius 1 is 1.47 bits per heavy atom. The van der Waals surface area contributed by atoms with Crippen LogP contribution >= 0.6 is 11.3 Å². The van der Waals surface area contributed by atoms with Gasteiger partial charge in [-0.3, -0.25) is 4.79 Å². The quantitative estimate of drug-likeness (QED) is 0.827. The van der Waals surface area contributed by atoms with Crippen molar-refractivity contribution in [1.29, 1.82) is 0 Å². The van der Waals surface area contributed by atoms with E-state index in [2.05, 4.69) is 30.7 Å². The molecular formula is C14H20N2O2S. The molecular weight excluding hydrogens is 260 g/mol. The molecule has 0 saturated carbocycles. The largest absolute Gasteiger partial charge is 0.374 e. The average Bonchev–Trinajstić information content (AvgIpc) is 2.72. The van der Waals surface area contributed by atoms with Gasteiger partial charge in [0.05, 0.1) is 5.39 Å². The highest BCUT2D eigenvalue weighted by atomic mass is 32.1. The predicted octanol–water partition coefficient (Wildman–Crippen LogP) is 3.11. The summed E-state index contributed by atoms with van der Waals surface area (Å²) in [4.78, 5) is 20.3. The molecule has 0 aliphatic rings. The van der Waals surface area contributed by atoms with Crippen molar-refractivity contribution in [2.75, 3.05) is 6.61 Å².